The van der Waals surface area contributed by atoms with Gasteiger partial charge < -0.3 is 15.0 Å². The van der Waals surface area contributed by atoms with Crippen LogP contribution in [-0.4, -0.2) is 49.1 Å². The molecule has 0 aliphatic rings. The van der Waals surface area contributed by atoms with Crippen molar-refractivity contribution in [1.29, 1.82) is 0 Å². The third kappa shape index (κ3) is 4.81. The fraction of sp³-hybridized carbons (Fsp3) is 0.600. The summed E-state index contributed by atoms with van der Waals surface area (Å²) in [5.41, 5.74) is 1.52. The first-order valence-electron chi connectivity index (χ1n) is 7.13. The lowest BCUT2D eigenvalue weighted by molar-refractivity contribution is 0.0706. The molecule has 5 heteroatoms. The van der Waals surface area contributed by atoms with E-state index in [1.165, 1.54) is 0 Å². The van der Waals surface area contributed by atoms with Gasteiger partial charge in [0.05, 0.1) is 6.61 Å². The standard InChI is InChI=1S/C15H25N3O2/c1-5-7-16-14-11-13(10-12(3)17-14)15(19)18(6-2)8-9-20-4/h10-11H,5-9H2,1-4H3,(H,16,17). The third-order valence-corrected chi connectivity index (χ3v) is 2.99. The number of ether oxygens (including phenoxy) is 1. The van der Waals surface area contributed by atoms with Gasteiger partial charge >= 0.3 is 0 Å². The summed E-state index contributed by atoms with van der Waals surface area (Å²) >= 11 is 0. The highest BCUT2D eigenvalue weighted by Crippen LogP contribution is 2.13. The predicted octanol–water partition coefficient (Wildman–Crippen LogP) is 2.32. The molecule has 5 nitrogen and oxygen atoms in total. The van der Waals surface area contributed by atoms with Crippen molar-refractivity contribution >= 4 is 11.7 Å². The lowest BCUT2D eigenvalue weighted by Gasteiger charge is -2.21. The van der Waals surface area contributed by atoms with Crippen molar-refractivity contribution in [3.63, 3.8) is 0 Å². The van der Waals surface area contributed by atoms with Crippen LogP contribution in [0.4, 0.5) is 5.82 Å². The van der Waals surface area contributed by atoms with E-state index in [0.717, 1.165) is 24.5 Å². The maximum absolute atomic E-state index is 12.5. The Morgan fingerprint density at radius 2 is 2.15 bits per heavy atom. The molecule has 1 rings (SSSR count). The summed E-state index contributed by atoms with van der Waals surface area (Å²) in [6.07, 6.45) is 1.02. The predicted molar refractivity (Wildman–Crippen MR) is 81.2 cm³/mol. The minimum atomic E-state index is 0.0228. The maximum atomic E-state index is 12.5. The van der Waals surface area contributed by atoms with Gasteiger partial charge in [0.25, 0.3) is 5.91 Å². The number of nitrogens with zero attached hydrogens (tertiary/aromatic N) is 2. The normalized spacial score (nSPS) is 10.4. The summed E-state index contributed by atoms with van der Waals surface area (Å²) in [6, 6.07) is 3.65. The average molecular weight is 279 g/mol. The molecule has 0 saturated carbocycles. The van der Waals surface area contributed by atoms with Crippen LogP contribution in [0.2, 0.25) is 0 Å². The van der Waals surface area contributed by atoms with E-state index >= 15 is 0 Å². The van der Waals surface area contributed by atoms with Crippen LogP contribution in [0.3, 0.4) is 0 Å². The molecule has 1 aromatic rings. The maximum Gasteiger partial charge on any atom is 0.254 e. The second kappa shape index (κ2) is 8.53. The molecule has 0 unspecified atom stereocenters. The number of aromatic nitrogens is 1. The quantitative estimate of drug-likeness (QED) is 0.793. The molecule has 0 atom stereocenters. The van der Waals surface area contributed by atoms with Crippen LogP contribution in [0.25, 0.3) is 0 Å². The molecule has 1 aromatic heterocycles. The molecule has 1 heterocycles. The van der Waals surface area contributed by atoms with E-state index < -0.39 is 0 Å². The van der Waals surface area contributed by atoms with Crippen molar-refractivity contribution in [2.24, 2.45) is 0 Å². The van der Waals surface area contributed by atoms with E-state index in [9.17, 15) is 4.79 Å². The Balaban J connectivity index is 2.87. The van der Waals surface area contributed by atoms with Crippen molar-refractivity contribution in [2.45, 2.75) is 27.2 Å². The number of carbonyl (C=O) groups is 1. The molecular weight excluding hydrogens is 254 g/mol. The summed E-state index contributed by atoms with van der Waals surface area (Å²) < 4.78 is 5.04. The molecule has 0 saturated heterocycles. The SMILES string of the molecule is CCCNc1cc(C(=O)N(CC)CCOC)cc(C)n1. The highest BCUT2D eigenvalue weighted by atomic mass is 16.5. The molecule has 1 amide bonds. The number of carbonyl (C=O) groups excluding carboxylic acids is 1. The third-order valence-electron chi connectivity index (χ3n) is 2.99. The molecule has 0 radical (unpaired) electrons. The van der Waals surface area contributed by atoms with Crippen LogP contribution in [-0.2, 0) is 4.74 Å². The van der Waals surface area contributed by atoms with Gasteiger partial charge in [0.2, 0.25) is 0 Å². The van der Waals surface area contributed by atoms with Gasteiger partial charge in [-0.2, -0.15) is 0 Å². The van der Waals surface area contributed by atoms with E-state index in [2.05, 4.69) is 17.2 Å². The van der Waals surface area contributed by atoms with Crippen molar-refractivity contribution in [1.82, 2.24) is 9.88 Å². The van der Waals surface area contributed by atoms with E-state index in [0.29, 0.717) is 25.3 Å². The van der Waals surface area contributed by atoms with E-state index in [-0.39, 0.29) is 5.91 Å². The Kier molecular flexibility index (Phi) is 7.01. The molecule has 0 spiro atoms. The monoisotopic (exact) mass is 279 g/mol. The van der Waals surface area contributed by atoms with Crippen LogP contribution in [0.1, 0.15) is 36.3 Å². The molecule has 0 fully saturated rings. The number of nitrogens with one attached hydrogen (secondary N) is 1. The summed E-state index contributed by atoms with van der Waals surface area (Å²) in [5, 5.41) is 3.22. The summed E-state index contributed by atoms with van der Waals surface area (Å²) in [5.74, 6) is 0.785. The zero-order chi connectivity index (χ0) is 15.0. The Labute approximate surface area is 121 Å². The molecule has 1 N–H and O–H groups in total. The van der Waals surface area contributed by atoms with Crippen molar-refractivity contribution in [2.75, 3.05) is 38.7 Å². The van der Waals surface area contributed by atoms with Gasteiger partial charge in [-0.3, -0.25) is 4.79 Å². The van der Waals surface area contributed by atoms with Gasteiger partial charge in [-0.15, -0.1) is 0 Å². The zero-order valence-corrected chi connectivity index (χ0v) is 12.9. The number of hydrogen-bond donors (Lipinski definition) is 1. The zero-order valence-electron chi connectivity index (χ0n) is 12.9. The molecule has 0 aliphatic carbocycles. The average Bonchev–Trinajstić information content (AvgIpc) is 2.45. The number of hydrogen-bond acceptors (Lipinski definition) is 4. The van der Waals surface area contributed by atoms with Crippen LogP contribution in [0.15, 0.2) is 12.1 Å². The van der Waals surface area contributed by atoms with Gasteiger partial charge in [-0.1, -0.05) is 6.92 Å². The van der Waals surface area contributed by atoms with Crippen molar-refractivity contribution in [3.05, 3.63) is 23.4 Å². The van der Waals surface area contributed by atoms with Gasteiger partial charge in [-0.05, 0) is 32.4 Å². The van der Waals surface area contributed by atoms with Gasteiger partial charge in [0, 0.05) is 38.0 Å². The lowest BCUT2D eigenvalue weighted by Crippen LogP contribution is -2.33. The highest BCUT2D eigenvalue weighted by Gasteiger charge is 2.15. The summed E-state index contributed by atoms with van der Waals surface area (Å²) in [7, 11) is 1.64. The molecule has 112 valence electrons. The first-order valence-corrected chi connectivity index (χ1v) is 7.13. The Morgan fingerprint density at radius 3 is 2.75 bits per heavy atom. The number of rotatable bonds is 8. The Bertz CT molecular complexity index is 435. The minimum absolute atomic E-state index is 0.0228. The smallest absolute Gasteiger partial charge is 0.254 e. The second-order valence-electron chi connectivity index (χ2n) is 4.69. The number of aryl methyl sites for hydroxylation is 1. The first-order chi connectivity index (χ1) is 9.62. The van der Waals surface area contributed by atoms with Gasteiger partial charge in [0.1, 0.15) is 5.82 Å². The molecule has 0 aromatic carbocycles. The molecule has 20 heavy (non-hydrogen) atoms. The largest absolute Gasteiger partial charge is 0.383 e. The lowest BCUT2D eigenvalue weighted by atomic mass is 10.2. The van der Waals surface area contributed by atoms with Crippen molar-refractivity contribution in [3.8, 4) is 0 Å². The van der Waals surface area contributed by atoms with Crippen molar-refractivity contribution < 1.29 is 9.53 Å². The first kappa shape index (κ1) is 16.4. The van der Waals surface area contributed by atoms with Crippen LogP contribution < -0.4 is 5.32 Å². The number of amides is 1. The number of methoxy groups -OCH3 is 1. The molecule has 0 aliphatic heterocycles. The Hall–Kier alpha value is -1.62. The second-order valence-corrected chi connectivity index (χ2v) is 4.69. The van der Waals surface area contributed by atoms with E-state index in [1.54, 1.807) is 12.0 Å². The summed E-state index contributed by atoms with van der Waals surface area (Å²) in [4.78, 5) is 18.6. The Morgan fingerprint density at radius 1 is 1.40 bits per heavy atom. The number of likely N-dealkylation sites (N-methyl/N-ethyl adjacent to an activating group) is 1. The van der Waals surface area contributed by atoms with Gasteiger partial charge in [-0.25, -0.2) is 4.98 Å². The van der Waals surface area contributed by atoms with Crippen LogP contribution in [0, 0.1) is 6.92 Å². The topological polar surface area (TPSA) is 54.5 Å². The van der Waals surface area contributed by atoms with Crippen LogP contribution >= 0.6 is 0 Å². The van der Waals surface area contributed by atoms with E-state index in [4.69, 9.17) is 4.74 Å². The fourth-order valence-electron chi connectivity index (χ4n) is 1.92. The minimum Gasteiger partial charge on any atom is -0.383 e. The molecular formula is C15H25N3O2. The molecule has 0 bridgehead atoms. The fourth-order valence-corrected chi connectivity index (χ4v) is 1.92. The number of pyridine rings is 1. The highest BCUT2D eigenvalue weighted by molar-refractivity contribution is 5.95. The number of anilines is 1. The summed E-state index contributed by atoms with van der Waals surface area (Å²) in [6.45, 7) is 8.64. The van der Waals surface area contributed by atoms with Gasteiger partial charge in [0.15, 0.2) is 0 Å². The van der Waals surface area contributed by atoms with E-state index in [1.807, 2.05) is 26.0 Å². The van der Waals surface area contributed by atoms with Crippen LogP contribution in [0.5, 0.6) is 0 Å².